The highest BCUT2D eigenvalue weighted by atomic mass is 35.5. The third-order valence-corrected chi connectivity index (χ3v) is 1.14. The summed E-state index contributed by atoms with van der Waals surface area (Å²) < 4.78 is 98.3. The smallest absolute Gasteiger partial charge is 0.399 e. The van der Waals surface area contributed by atoms with E-state index in [1.165, 1.54) is 0 Å². The van der Waals surface area contributed by atoms with E-state index in [0.717, 1.165) is 0 Å². The lowest BCUT2D eigenvalue weighted by atomic mass is 10.4. The fraction of sp³-hybridized carbons (Fsp3) is 0.667. The van der Waals surface area contributed by atoms with Crippen LogP contribution in [0.5, 0.6) is 0 Å². The van der Waals surface area contributed by atoms with Gasteiger partial charge in [-0.1, -0.05) is 0 Å². The Bertz CT molecular complexity index is 347. The van der Waals surface area contributed by atoms with E-state index in [1.807, 2.05) is 0 Å². The first-order chi connectivity index (χ1) is 9.89. The van der Waals surface area contributed by atoms with E-state index in [1.54, 1.807) is 0 Å². The van der Waals surface area contributed by atoms with Crippen LogP contribution in [0, 0.1) is 0 Å². The Hall–Kier alpha value is -1.53. The molecule has 0 unspecified atom stereocenters. The van der Waals surface area contributed by atoms with Gasteiger partial charge >= 0.3 is 24.5 Å². The molecule has 0 aliphatic rings. The van der Waals surface area contributed by atoms with Crippen molar-refractivity contribution in [3.63, 3.8) is 0 Å². The zero-order valence-electron chi connectivity index (χ0n) is 10.7. The lowest BCUT2D eigenvalue weighted by Gasteiger charge is -1.98. The van der Waals surface area contributed by atoms with Gasteiger partial charge in [-0.25, -0.2) is 0 Å². The molecule has 138 valence electrons. The van der Waals surface area contributed by atoms with Crippen molar-refractivity contribution in [2.75, 3.05) is 0 Å². The predicted molar refractivity (Wildman–Crippen MR) is 56.6 cm³/mol. The number of aldehydes is 1. The molecule has 0 aliphatic heterocycles. The Kier molecular flexibility index (Phi) is 12.7. The molecule has 0 aliphatic carbocycles. The first-order valence-electron chi connectivity index (χ1n) is 4.93. The standard InChI is InChI=1S/C3H2ClF3O.C3H3F3O2.C3H3F3O/c4-2(8)1-3(5,6)7;4-3(5,6)1-2(7)8;4-3(5,6)1-2-7/h1H2;1H2,(H,7,8);2H,1H2. The number of carboxylic acids is 1. The van der Waals surface area contributed by atoms with Crippen LogP contribution in [-0.4, -0.2) is 41.1 Å². The minimum absolute atomic E-state index is 0.167. The monoisotopic (exact) mass is 386 g/mol. The molecule has 0 radical (unpaired) electrons. The minimum atomic E-state index is -4.58. The zero-order chi connectivity index (χ0) is 19.5. The third-order valence-electron chi connectivity index (χ3n) is 1.01. The summed E-state index contributed by atoms with van der Waals surface area (Å²) >= 11 is 4.40. The van der Waals surface area contributed by atoms with Crippen molar-refractivity contribution in [3.05, 3.63) is 0 Å². The summed E-state index contributed by atoms with van der Waals surface area (Å²) in [5, 5.41) is 6.15. The van der Waals surface area contributed by atoms with Gasteiger partial charge in [0.15, 0.2) is 0 Å². The van der Waals surface area contributed by atoms with Gasteiger partial charge in [-0.15, -0.1) is 0 Å². The van der Waals surface area contributed by atoms with Crippen molar-refractivity contribution in [3.8, 4) is 0 Å². The molecule has 0 aromatic heterocycles. The lowest BCUT2D eigenvalue weighted by Crippen LogP contribution is -2.13. The molecule has 0 aromatic rings. The summed E-state index contributed by atoms with van der Waals surface area (Å²) in [6.45, 7) is 0. The molecule has 4 nitrogen and oxygen atoms in total. The van der Waals surface area contributed by atoms with Gasteiger partial charge in [0, 0.05) is 0 Å². The van der Waals surface area contributed by atoms with Crippen molar-refractivity contribution in [1.29, 1.82) is 0 Å². The van der Waals surface area contributed by atoms with Gasteiger partial charge < -0.3 is 9.90 Å². The first-order valence-corrected chi connectivity index (χ1v) is 5.31. The van der Waals surface area contributed by atoms with Crippen LogP contribution >= 0.6 is 11.6 Å². The average molecular weight is 387 g/mol. The number of hydrogen-bond acceptors (Lipinski definition) is 3. The molecule has 0 amide bonds. The Balaban J connectivity index is -0.000000262. The van der Waals surface area contributed by atoms with Crippen molar-refractivity contribution < 1.29 is 59.0 Å². The molecule has 23 heavy (non-hydrogen) atoms. The van der Waals surface area contributed by atoms with E-state index in [0.29, 0.717) is 0 Å². The highest BCUT2D eigenvalue weighted by Crippen LogP contribution is 2.20. The van der Waals surface area contributed by atoms with Crippen LogP contribution in [0.15, 0.2) is 0 Å². The molecule has 0 spiro atoms. The lowest BCUT2D eigenvalue weighted by molar-refractivity contribution is -0.166. The molecule has 0 bridgehead atoms. The van der Waals surface area contributed by atoms with Crippen molar-refractivity contribution in [1.82, 2.24) is 0 Å². The van der Waals surface area contributed by atoms with E-state index in [2.05, 4.69) is 11.6 Å². The maximum Gasteiger partial charge on any atom is 0.399 e. The molecule has 0 rings (SSSR count). The number of carbonyl (C=O) groups excluding carboxylic acids is 2. The Morgan fingerprint density at radius 1 is 0.826 bits per heavy atom. The summed E-state index contributed by atoms with van der Waals surface area (Å²) in [6.07, 6.45) is -18.2. The summed E-state index contributed by atoms with van der Waals surface area (Å²) in [5.74, 6) is -1.85. The number of alkyl halides is 9. The Morgan fingerprint density at radius 2 is 1.17 bits per heavy atom. The molecule has 0 aromatic carbocycles. The zero-order valence-corrected chi connectivity index (χ0v) is 11.4. The maximum atomic E-state index is 11.0. The fourth-order valence-electron chi connectivity index (χ4n) is 0.424. The third kappa shape index (κ3) is 44.9. The number of carbonyl (C=O) groups is 3. The van der Waals surface area contributed by atoms with Gasteiger partial charge in [0.25, 0.3) is 0 Å². The highest BCUT2D eigenvalue weighted by Gasteiger charge is 2.31. The fourth-order valence-corrected chi connectivity index (χ4v) is 0.575. The number of carboxylic acid groups (broad SMARTS) is 1. The molecule has 14 heteroatoms. The van der Waals surface area contributed by atoms with E-state index in [4.69, 9.17) is 9.90 Å². The molecule has 0 fully saturated rings. The molecular formula is C9H8ClF9O4. The number of hydrogen-bond donors (Lipinski definition) is 1. The van der Waals surface area contributed by atoms with Crippen molar-refractivity contribution in [2.45, 2.75) is 37.8 Å². The highest BCUT2D eigenvalue weighted by molar-refractivity contribution is 6.63. The van der Waals surface area contributed by atoms with Gasteiger partial charge in [0.1, 0.15) is 19.1 Å². The largest absolute Gasteiger partial charge is 0.481 e. The van der Waals surface area contributed by atoms with Gasteiger partial charge in [-0.3, -0.25) is 9.59 Å². The Morgan fingerprint density at radius 3 is 1.17 bits per heavy atom. The SMILES string of the molecule is O=C(Cl)CC(F)(F)F.O=C(O)CC(F)(F)F.O=CCC(F)(F)F. The second-order valence-electron chi connectivity index (χ2n) is 3.32. The first kappa shape index (κ1) is 26.4. The topological polar surface area (TPSA) is 71.4 Å². The van der Waals surface area contributed by atoms with Crippen LogP contribution < -0.4 is 0 Å². The van der Waals surface area contributed by atoms with Crippen LogP contribution in [0.2, 0.25) is 0 Å². The summed E-state index contributed by atoms with van der Waals surface area (Å²) in [4.78, 5) is 27.9. The van der Waals surface area contributed by atoms with Gasteiger partial charge in [0.2, 0.25) is 5.24 Å². The molecule has 0 atom stereocenters. The minimum Gasteiger partial charge on any atom is -0.481 e. The summed E-state index contributed by atoms with van der Waals surface area (Å²) in [6, 6.07) is 0. The van der Waals surface area contributed by atoms with Gasteiger partial charge in [-0.2, -0.15) is 39.5 Å². The van der Waals surface area contributed by atoms with Crippen LogP contribution in [0.25, 0.3) is 0 Å². The normalized spacial score (nSPS) is 11.4. The second kappa shape index (κ2) is 11.1. The van der Waals surface area contributed by atoms with Crippen LogP contribution in [0.4, 0.5) is 39.5 Å². The summed E-state index contributed by atoms with van der Waals surface area (Å²) in [5.41, 5.74) is 0. The number of aliphatic carboxylic acids is 1. The molecule has 0 saturated heterocycles. The average Bonchev–Trinajstić information content (AvgIpc) is 2.07. The molecule has 1 N–H and O–H groups in total. The van der Waals surface area contributed by atoms with E-state index < -0.39 is 49.0 Å². The van der Waals surface area contributed by atoms with Crippen LogP contribution in [-0.2, 0) is 14.4 Å². The van der Waals surface area contributed by atoms with E-state index >= 15 is 0 Å². The van der Waals surface area contributed by atoms with Crippen LogP contribution in [0.1, 0.15) is 19.3 Å². The molecule has 0 heterocycles. The Labute approximate surface area is 127 Å². The van der Waals surface area contributed by atoms with Crippen molar-refractivity contribution >= 4 is 29.1 Å². The molecular weight excluding hydrogens is 379 g/mol. The summed E-state index contributed by atoms with van der Waals surface area (Å²) in [7, 11) is 0. The quantitative estimate of drug-likeness (QED) is 0.454. The predicted octanol–water partition coefficient (Wildman–Crippen LogP) is 3.87. The van der Waals surface area contributed by atoms with Crippen molar-refractivity contribution in [2.24, 2.45) is 0 Å². The van der Waals surface area contributed by atoms with E-state index in [9.17, 15) is 49.1 Å². The second-order valence-corrected chi connectivity index (χ2v) is 3.74. The maximum absolute atomic E-state index is 11.0. The van der Waals surface area contributed by atoms with E-state index in [-0.39, 0.29) is 6.29 Å². The van der Waals surface area contributed by atoms with Crippen LogP contribution in [0.3, 0.4) is 0 Å². The number of halogens is 10. The number of rotatable bonds is 3. The molecule has 0 saturated carbocycles. The van der Waals surface area contributed by atoms with Gasteiger partial charge in [0.05, 0.1) is 6.42 Å². The van der Waals surface area contributed by atoms with Gasteiger partial charge in [-0.05, 0) is 11.6 Å².